The van der Waals surface area contributed by atoms with E-state index in [4.69, 9.17) is 9.47 Å². The van der Waals surface area contributed by atoms with Crippen molar-refractivity contribution in [1.29, 1.82) is 0 Å². The van der Waals surface area contributed by atoms with E-state index < -0.39 is 0 Å². The lowest BCUT2D eigenvalue weighted by Crippen LogP contribution is -2.32. The minimum absolute atomic E-state index is 0.0532. The fourth-order valence-corrected chi connectivity index (χ4v) is 4.13. The molecular formula is C25H31N3O4. The Morgan fingerprint density at radius 2 is 1.72 bits per heavy atom. The van der Waals surface area contributed by atoms with Crippen molar-refractivity contribution in [3.05, 3.63) is 53.6 Å². The van der Waals surface area contributed by atoms with Crippen LogP contribution in [0.2, 0.25) is 0 Å². The van der Waals surface area contributed by atoms with Crippen molar-refractivity contribution in [2.24, 2.45) is 5.92 Å². The fraction of sp³-hybridized carbons (Fsp3) is 0.440. The van der Waals surface area contributed by atoms with Gasteiger partial charge in [-0.2, -0.15) is 0 Å². The van der Waals surface area contributed by atoms with Crippen molar-refractivity contribution in [3.8, 4) is 11.5 Å². The van der Waals surface area contributed by atoms with Crippen LogP contribution in [0.15, 0.2) is 42.5 Å². The van der Waals surface area contributed by atoms with Crippen LogP contribution in [0.3, 0.4) is 0 Å². The highest BCUT2D eigenvalue weighted by molar-refractivity contribution is 6.00. The third-order valence-corrected chi connectivity index (χ3v) is 6.12. The molecule has 0 aromatic heterocycles. The predicted octanol–water partition coefficient (Wildman–Crippen LogP) is 2.97. The van der Waals surface area contributed by atoms with Gasteiger partial charge in [0.1, 0.15) is 13.2 Å². The number of carbonyl (C=O) groups is 2. The molecule has 2 aliphatic heterocycles. The fourth-order valence-electron chi connectivity index (χ4n) is 4.13. The molecule has 2 amide bonds. The van der Waals surface area contributed by atoms with Gasteiger partial charge in [0, 0.05) is 37.8 Å². The molecule has 170 valence electrons. The first-order valence-corrected chi connectivity index (χ1v) is 11.3. The highest BCUT2D eigenvalue weighted by Gasteiger charge is 2.35. The van der Waals surface area contributed by atoms with Crippen LogP contribution in [0.4, 0.5) is 5.69 Å². The lowest BCUT2D eigenvalue weighted by molar-refractivity contribution is -0.126. The summed E-state index contributed by atoms with van der Waals surface area (Å²) in [4.78, 5) is 29.3. The van der Waals surface area contributed by atoms with Gasteiger partial charge in [0.2, 0.25) is 11.8 Å². The quantitative estimate of drug-likeness (QED) is 0.688. The van der Waals surface area contributed by atoms with E-state index in [1.54, 1.807) is 4.90 Å². The molecule has 7 nitrogen and oxygen atoms in total. The number of fused-ring (bicyclic) bond motifs is 1. The third kappa shape index (κ3) is 5.05. The van der Waals surface area contributed by atoms with E-state index in [1.807, 2.05) is 18.2 Å². The monoisotopic (exact) mass is 437 g/mol. The highest BCUT2D eigenvalue weighted by Crippen LogP contribution is 2.36. The molecular weight excluding hydrogens is 406 g/mol. The van der Waals surface area contributed by atoms with Crippen LogP contribution >= 0.6 is 0 Å². The van der Waals surface area contributed by atoms with Crippen LogP contribution in [0, 0.1) is 5.92 Å². The van der Waals surface area contributed by atoms with Gasteiger partial charge in [0.25, 0.3) is 0 Å². The van der Waals surface area contributed by atoms with E-state index in [-0.39, 0.29) is 24.2 Å². The normalized spacial score (nSPS) is 17.7. The molecule has 2 aliphatic rings. The van der Waals surface area contributed by atoms with Gasteiger partial charge in [0.05, 0.1) is 5.92 Å². The summed E-state index contributed by atoms with van der Waals surface area (Å²) in [7, 11) is 0. The minimum Gasteiger partial charge on any atom is -0.486 e. The number of rotatable bonds is 8. The number of hydrogen-bond donors (Lipinski definition) is 1. The average Bonchev–Trinajstić information content (AvgIpc) is 3.23. The van der Waals surface area contributed by atoms with Gasteiger partial charge in [-0.3, -0.25) is 14.5 Å². The molecule has 1 atom stereocenters. The number of ether oxygens (including phenoxy) is 2. The Labute approximate surface area is 189 Å². The molecule has 1 fully saturated rings. The molecule has 0 bridgehead atoms. The third-order valence-electron chi connectivity index (χ3n) is 6.12. The molecule has 4 rings (SSSR count). The average molecular weight is 438 g/mol. The number of nitrogens with one attached hydrogen (secondary N) is 1. The van der Waals surface area contributed by atoms with Crippen LogP contribution in [0.5, 0.6) is 11.5 Å². The summed E-state index contributed by atoms with van der Waals surface area (Å²) in [5.41, 5.74) is 3.05. The first-order valence-electron chi connectivity index (χ1n) is 11.3. The first kappa shape index (κ1) is 22.1. The van der Waals surface area contributed by atoms with Crippen molar-refractivity contribution in [2.75, 3.05) is 37.7 Å². The number of anilines is 1. The molecule has 0 unspecified atom stereocenters. The number of hydrogen-bond acceptors (Lipinski definition) is 5. The molecule has 32 heavy (non-hydrogen) atoms. The zero-order chi connectivity index (χ0) is 22.5. The second kappa shape index (κ2) is 10.0. The maximum Gasteiger partial charge on any atom is 0.227 e. The van der Waals surface area contributed by atoms with Crippen LogP contribution in [0.1, 0.15) is 31.4 Å². The largest absolute Gasteiger partial charge is 0.486 e. The van der Waals surface area contributed by atoms with Crippen LogP contribution in [0.25, 0.3) is 0 Å². The lowest BCUT2D eigenvalue weighted by atomic mass is 10.1. The van der Waals surface area contributed by atoms with E-state index in [2.05, 4.69) is 48.3 Å². The Hall–Kier alpha value is -3.06. The molecule has 0 aliphatic carbocycles. The number of benzene rings is 2. The van der Waals surface area contributed by atoms with E-state index in [0.717, 1.165) is 30.9 Å². The van der Waals surface area contributed by atoms with E-state index in [0.29, 0.717) is 37.8 Å². The van der Waals surface area contributed by atoms with Crippen molar-refractivity contribution in [1.82, 2.24) is 10.2 Å². The predicted molar refractivity (Wildman–Crippen MR) is 123 cm³/mol. The number of amides is 2. The lowest BCUT2D eigenvalue weighted by Gasteiger charge is -2.22. The zero-order valence-corrected chi connectivity index (χ0v) is 18.8. The summed E-state index contributed by atoms with van der Waals surface area (Å²) in [6, 6.07) is 13.8. The van der Waals surface area contributed by atoms with Gasteiger partial charge in [0.15, 0.2) is 11.5 Å². The maximum atomic E-state index is 12.7. The molecule has 2 aromatic carbocycles. The summed E-state index contributed by atoms with van der Waals surface area (Å²) in [6.07, 6.45) is 0.211. The van der Waals surface area contributed by atoms with Gasteiger partial charge >= 0.3 is 0 Å². The molecule has 2 aromatic rings. The smallest absolute Gasteiger partial charge is 0.227 e. The number of carbonyl (C=O) groups excluding carboxylic acids is 2. The Bertz CT molecular complexity index is 956. The Kier molecular flexibility index (Phi) is 6.95. The summed E-state index contributed by atoms with van der Waals surface area (Å²) in [5.74, 6) is 0.814. The minimum atomic E-state index is -0.363. The molecule has 7 heteroatoms. The standard InChI is InChI=1S/C25H31N3O4/c1-3-27(4-2)16-19-7-5-18(6-8-19)15-26-25(30)20-13-24(29)28(17-20)21-9-10-22-23(14-21)32-12-11-31-22/h5-10,14,20H,3-4,11-13,15-17H2,1-2H3,(H,26,30)/t20-/m0/s1. The number of nitrogens with zero attached hydrogens (tertiary/aromatic N) is 2. The summed E-state index contributed by atoms with van der Waals surface area (Å²) < 4.78 is 11.2. The topological polar surface area (TPSA) is 71.1 Å². The van der Waals surface area contributed by atoms with E-state index >= 15 is 0 Å². The Morgan fingerprint density at radius 3 is 2.44 bits per heavy atom. The molecule has 1 N–H and O–H groups in total. The van der Waals surface area contributed by atoms with Crippen molar-refractivity contribution in [3.63, 3.8) is 0 Å². The van der Waals surface area contributed by atoms with Crippen LogP contribution in [-0.2, 0) is 22.7 Å². The van der Waals surface area contributed by atoms with Gasteiger partial charge < -0.3 is 19.7 Å². The SMILES string of the molecule is CCN(CC)Cc1ccc(CNC(=O)[C@H]2CC(=O)N(c3ccc4c(c3)OCCO4)C2)cc1. The van der Waals surface area contributed by atoms with Gasteiger partial charge in [-0.25, -0.2) is 0 Å². The van der Waals surface area contributed by atoms with Crippen LogP contribution < -0.4 is 19.7 Å². The zero-order valence-electron chi connectivity index (χ0n) is 18.8. The second-order valence-electron chi connectivity index (χ2n) is 8.23. The molecule has 1 saturated heterocycles. The first-order chi connectivity index (χ1) is 15.6. The summed E-state index contributed by atoms with van der Waals surface area (Å²) in [5, 5.41) is 2.99. The summed E-state index contributed by atoms with van der Waals surface area (Å²) in [6.45, 7) is 9.15. The van der Waals surface area contributed by atoms with E-state index in [1.165, 1.54) is 5.56 Å². The molecule has 0 spiro atoms. The van der Waals surface area contributed by atoms with Crippen LogP contribution in [-0.4, -0.2) is 49.6 Å². The van der Waals surface area contributed by atoms with Crippen molar-refractivity contribution >= 4 is 17.5 Å². The van der Waals surface area contributed by atoms with E-state index in [9.17, 15) is 9.59 Å². The molecule has 0 radical (unpaired) electrons. The van der Waals surface area contributed by atoms with Gasteiger partial charge in [-0.15, -0.1) is 0 Å². The summed E-state index contributed by atoms with van der Waals surface area (Å²) >= 11 is 0. The molecule has 0 saturated carbocycles. The highest BCUT2D eigenvalue weighted by atomic mass is 16.6. The maximum absolute atomic E-state index is 12.7. The van der Waals surface area contributed by atoms with Crippen molar-refractivity contribution in [2.45, 2.75) is 33.4 Å². The Morgan fingerprint density at radius 1 is 1.03 bits per heavy atom. The second-order valence-corrected chi connectivity index (χ2v) is 8.23. The van der Waals surface area contributed by atoms with Gasteiger partial charge in [-0.1, -0.05) is 38.1 Å². The Balaban J connectivity index is 1.31. The van der Waals surface area contributed by atoms with Gasteiger partial charge in [-0.05, 0) is 36.3 Å². The molecule has 2 heterocycles. The van der Waals surface area contributed by atoms with Crippen molar-refractivity contribution < 1.29 is 19.1 Å².